The van der Waals surface area contributed by atoms with E-state index in [2.05, 4.69) is 4.98 Å². The smallest absolute Gasteiger partial charge is 0.167 e. The molecule has 3 heterocycles. The lowest BCUT2D eigenvalue weighted by Gasteiger charge is -2.00. The minimum Gasteiger partial charge on any atom is -0.313 e. The highest BCUT2D eigenvalue weighted by molar-refractivity contribution is 5.89. The molecule has 3 aromatic heterocycles. The molecule has 0 aliphatic carbocycles. The molecule has 0 saturated carbocycles. The number of hydrogen-bond donors (Lipinski definition) is 0. The van der Waals surface area contributed by atoms with Crippen LogP contribution in [0.5, 0.6) is 0 Å². The minimum absolute atomic E-state index is 0.646. The molecule has 3 rings (SSSR count). The van der Waals surface area contributed by atoms with Gasteiger partial charge in [-0.25, -0.2) is 0 Å². The second-order valence-corrected chi connectivity index (χ2v) is 4.22. The second-order valence-electron chi connectivity index (χ2n) is 4.22. The van der Waals surface area contributed by atoms with Crippen molar-refractivity contribution in [2.75, 3.05) is 0 Å². The van der Waals surface area contributed by atoms with Crippen molar-refractivity contribution in [2.24, 2.45) is 0 Å². The summed E-state index contributed by atoms with van der Waals surface area (Å²) in [5.74, 6) is 0. The number of pyridine rings is 2. The molecule has 0 saturated heterocycles. The Kier molecular flexibility index (Phi) is 2.45. The van der Waals surface area contributed by atoms with Crippen LogP contribution in [0.4, 0.5) is 0 Å². The van der Waals surface area contributed by atoms with Gasteiger partial charge in [-0.2, -0.15) is 0 Å². The predicted octanol–water partition coefficient (Wildman–Crippen LogP) is 3.12. The molecule has 18 heavy (non-hydrogen) atoms. The van der Waals surface area contributed by atoms with E-state index >= 15 is 0 Å². The summed E-state index contributed by atoms with van der Waals surface area (Å²) in [7, 11) is 0. The molecule has 0 atom stereocenters. The van der Waals surface area contributed by atoms with Gasteiger partial charge in [0.15, 0.2) is 6.29 Å². The first kappa shape index (κ1) is 10.7. The zero-order valence-electron chi connectivity index (χ0n) is 10.00. The highest BCUT2D eigenvalue weighted by Gasteiger charge is 2.12. The van der Waals surface area contributed by atoms with E-state index in [0.29, 0.717) is 5.69 Å². The van der Waals surface area contributed by atoms with Gasteiger partial charge in [-0.05, 0) is 36.8 Å². The molecule has 0 radical (unpaired) electrons. The van der Waals surface area contributed by atoms with Crippen LogP contribution in [-0.2, 0) is 0 Å². The van der Waals surface area contributed by atoms with Crippen LogP contribution in [0.1, 0.15) is 16.1 Å². The Labute approximate surface area is 105 Å². The van der Waals surface area contributed by atoms with E-state index < -0.39 is 0 Å². The van der Waals surface area contributed by atoms with Crippen molar-refractivity contribution in [3.63, 3.8) is 0 Å². The fourth-order valence-corrected chi connectivity index (χ4v) is 2.21. The highest BCUT2D eigenvalue weighted by Crippen LogP contribution is 2.26. The van der Waals surface area contributed by atoms with Crippen molar-refractivity contribution in [3.05, 3.63) is 60.0 Å². The van der Waals surface area contributed by atoms with Crippen LogP contribution >= 0.6 is 0 Å². The number of aldehydes is 1. The third kappa shape index (κ3) is 1.52. The molecule has 0 aliphatic heterocycles. The summed E-state index contributed by atoms with van der Waals surface area (Å²) in [6.45, 7) is 2.03. The monoisotopic (exact) mass is 236 g/mol. The predicted molar refractivity (Wildman–Crippen MR) is 70.8 cm³/mol. The number of carbonyl (C=O) groups excluding carboxylic acids is 1. The topological polar surface area (TPSA) is 34.4 Å². The van der Waals surface area contributed by atoms with Crippen molar-refractivity contribution in [1.82, 2.24) is 9.38 Å². The number of hydrogen-bond acceptors (Lipinski definition) is 2. The van der Waals surface area contributed by atoms with Crippen LogP contribution in [0, 0.1) is 6.92 Å². The first-order valence-electron chi connectivity index (χ1n) is 5.78. The molecule has 3 heteroatoms. The molecule has 0 N–H and O–H groups in total. The van der Waals surface area contributed by atoms with Gasteiger partial charge in [-0.1, -0.05) is 12.1 Å². The van der Waals surface area contributed by atoms with E-state index in [1.54, 1.807) is 6.20 Å². The van der Waals surface area contributed by atoms with Crippen molar-refractivity contribution >= 4 is 11.8 Å². The third-order valence-electron chi connectivity index (χ3n) is 3.11. The number of aromatic nitrogens is 2. The first-order chi connectivity index (χ1) is 8.81. The van der Waals surface area contributed by atoms with E-state index in [1.165, 1.54) is 0 Å². The minimum atomic E-state index is 0.646. The van der Waals surface area contributed by atoms with Crippen LogP contribution < -0.4 is 0 Å². The molecule has 0 unspecified atom stereocenters. The molecule has 0 aliphatic rings. The molecule has 3 aromatic rings. The van der Waals surface area contributed by atoms with Crippen LogP contribution in [0.3, 0.4) is 0 Å². The summed E-state index contributed by atoms with van der Waals surface area (Å²) >= 11 is 0. The van der Waals surface area contributed by atoms with Gasteiger partial charge in [0.2, 0.25) is 0 Å². The summed E-state index contributed by atoms with van der Waals surface area (Å²) in [4.78, 5) is 15.6. The van der Waals surface area contributed by atoms with Gasteiger partial charge in [0.1, 0.15) is 0 Å². The average Bonchev–Trinajstić information content (AvgIpc) is 2.80. The van der Waals surface area contributed by atoms with Gasteiger partial charge in [0, 0.05) is 23.5 Å². The zero-order valence-corrected chi connectivity index (χ0v) is 10.00. The number of aryl methyl sites for hydroxylation is 1. The summed E-state index contributed by atoms with van der Waals surface area (Å²) in [5, 5.41) is 0. The van der Waals surface area contributed by atoms with Crippen LogP contribution in [0.2, 0.25) is 0 Å². The summed E-state index contributed by atoms with van der Waals surface area (Å²) in [6, 6.07) is 11.7. The van der Waals surface area contributed by atoms with Gasteiger partial charge >= 0.3 is 0 Å². The quantitative estimate of drug-likeness (QED) is 0.641. The molecule has 0 amide bonds. The van der Waals surface area contributed by atoms with Crippen LogP contribution in [0.15, 0.2) is 48.8 Å². The fourth-order valence-electron chi connectivity index (χ4n) is 2.21. The Bertz CT molecular complexity index is 714. The number of carbonyl (C=O) groups is 1. The lowest BCUT2D eigenvalue weighted by Crippen LogP contribution is -1.93. The standard InChI is InChI=1S/C15H12N2O/c1-11-5-4-8-17-14(11)9-12(15(17)10-18)13-6-2-3-7-16-13/h2-10H,1H3. The van der Waals surface area contributed by atoms with Gasteiger partial charge in [-0.15, -0.1) is 0 Å². The van der Waals surface area contributed by atoms with Crippen LogP contribution in [0.25, 0.3) is 16.8 Å². The largest absolute Gasteiger partial charge is 0.313 e. The van der Waals surface area contributed by atoms with Gasteiger partial charge in [0.05, 0.1) is 11.4 Å². The lowest BCUT2D eigenvalue weighted by atomic mass is 10.1. The van der Waals surface area contributed by atoms with Crippen molar-refractivity contribution in [3.8, 4) is 11.3 Å². The van der Waals surface area contributed by atoms with E-state index in [9.17, 15) is 4.79 Å². The summed E-state index contributed by atoms with van der Waals surface area (Å²) < 4.78 is 1.91. The van der Waals surface area contributed by atoms with E-state index in [1.807, 2.05) is 53.9 Å². The van der Waals surface area contributed by atoms with Crippen molar-refractivity contribution < 1.29 is 4.79 Å². The summed E-state index contributed by atoms with van der Waals surface area (Å²) in [5.41, 5.74) is 4.53. The molecular formula is C15H12N2O. The molecular weight excluding hydrogens is 224 g/mol. The number of fused-ring (bicyclic) bond motifs is 1. The van der Waals surface area contributed by atoms with Crippen LogP contribution in [-0.4, -0.2) is 15.7 Å². The van der Waals surface area contributed by atoms with E-state index in [0.717, 1.165) is 28.6 Å². The van der Waals surface area contributed by atoms with Gasteiger partial charge in [0.25, 0.3) is 0 Å². The third-order valence-corrected chi connectivity index (χ3v) is 3.11. The van der Waals surface area contributed by atoms with Crippen molar-refractivity contribution in [2.45, 2.75) is 6.92 Å². The first-order valence-corrected chi connectivity index (χ1v) is 5.78. The van der Waals surface area contributed by atoms with Crippen molar-refractivity contribution in [1.29, 1.82) is 0 Å². The average molecular weight is 236 g/mol. The molecule has 0 aromatic carbocycles. The fraction of sp³-hybridized carbons (Fsp3) is 0.0667. The Morgan fingerprint density at radius 2 is 2.11 bits per heavy atom. The SMILES string of the molecule is Cc1cccn2c(C=O)c(-c3ccccn3)cc12. The zero-order chi connectivity index (χ0) is 12.5. The summed E-state index contributed by atoms with van der Waals surface area (Å²) in [6.07, 6.45) is 4.52. The highest BCUT2D eigenvalue weighted by atomic mass is 16.1. The molecule has 3 nitrogen and oxygen atoms in total. The number of rotatable bonds is 2. The Morgan fingerprint density at radius 1 is 1.22 bits per heavy atom. The normalized spacial score (nSPS) is 10.7. The van der Waals surface area contributed by atoms with E-state index in [-0.39, 0.29) is 0 Å². The molecule has 0 fully saturated rings. The molecule has 0 bridgehead atoms. The van der Waals surface area contributed by atoms with Gasteiger partial charge < -0.3 is 4.40 Å². The van der Waals surface area contributed by atoms with Gasteiger partial charge in [-0.3, -0.25) is 9.78 Å². The second kappa shape index (κ2) is 4.11. The Morgan fingerprint density at radius 3 is 2.83 bits per heavy atom. The molecule has 88 valence electrons. The maximum Gasteiger partial charge on any atom is 0.167 e. The Hall–Kier alpha value is -2.42. The maximum atomic E-state index is 11.3. The molecule has 0 spiro atoms. The maximum absolute atomic E-state index is 11.3. The lowest BCUT2D eigenvalue weighted by molar-refractivity contribution is 0.111. The number of nitrogens with zero attached hydrogens (tertiary/aromatic N) is 2. The Balaban J connectivity index is 2.37. The van der Waals surface area contributed by atoms with E-state index in [4.69, 9.17) is 0 Å².